The summed E-state index contributed by atoms with van der Waals surface area (Å²) in [6, 6.07) is 16.3. The second-order valence-corrected chi connectivity index (χ2v) is 6.86. The van der Waals surface area contributed by atoms with Crippen LogP contribution in [-0.4, -0.2) is 25.2 Å². The number of urea groups is 1. The van der Waals surface area contributed by atoms with Crippen molar-refractivity contribution >= 4 is 12.0 Å². The molecule has 0 radical (unpaired) electrons. The summed E-state index contributed by atoms with van der Waals surface area (Å²) in [4.78, 5) is 24.8. The summed E-state index contributed by atoms with van der Waals surface area (Å²) in [7, 11) is 0. The molecular weight excluding hydrogens is 368 g/mol. The summed E-state index contributed by atoms with van der Waals surface area (Å²) in [5.41, 5.74) is 2.79. The van der Waals surface area contributed by atoms with Crippen molar-refractivity contribution in [3.63, 3.8) is 0 Å². The van der Waals surface area contributed by atoms with Gasteiger partial charge in [0.2, 0.25) is 0 Å². The number of hydrogen-bond acceptors (Lipinski definition) is 4. The second kappa shape index (κ2) is 9.78. The van der Waals surface area contributed by atoms with Crippen molar-refractivity contribution in [2.75, 3.05) is 13.2 Å². The van der Waals surface area contributed by atoms with E-state index in [1.807, 2.05) is 61.5 Å². The van der Waals surface area contributed by atoms with Crippen LogP contribution >= 0.6 is 0 Å². The number of allylic oxidation sites excluding steroid dienone is 1. The standard InChI is InChI=1S/C23H26N2O4/c1-3-14-28-19-11-9-18(10-12-19)21-20(16(2)24-23(27)25-21)22(26)29-15-13-17-7-5-4-6-8-17/h4-12,21H,3,13-15H2,1-2H3,(H2,24,25,27)/t21-/m1/s1. The summed E-state index contributed by atoms with van der Waals surface area (Å²) in [6.45, 7) is 4.66. The number of nitrogens with one attached hydrogen (secondary N) is 2. The van der Waals surface area contributed by atoms with Gasteiger partial charge in [0.15, 0.2) is 0 Å². The lowest BCUT2D eigenvalue weighted by atomic mass is 9.95. The maximum Gasteiger partial charge on any atom is 0.338 e. The highest BCUT2D eigenvalue weighted by molar-refractivity contribution is 5.95. The molecular formula is C23H26N2O4. The van der Waals surface area contributed by atoms with Gasteiger partial charge in [0.1, 0.15) is 5.75 Å². The molecule has 6 heteroatoms. The Morgan fingerprint density at radius 3 is 2.45 bits per heavy atom. The average Bonchev–Trinajstić information content (AvgIpc) is 2.72. The molecule has 6 nitrogen and oxygen atoms in total. The minimum absolute atomic E-state index is 0.268. The summed E-state index contributed by atoms with van der Waals surface area (Å²) < 4.78 is 11.1. The van der Waals surface area contributed by atoms with E-state index in [2.05, 4.69) is 10.6 Å². The Hall–Kier alpha value is -3.28. The van der Waals surface area contributed by atoms with Crippen LogP contribution in [0.3, 0.4) is 0 Å². The third-order valence-electron chi connectivity index (χ3n) is 4.64. The van der Waals surface area contributed by atoms with Crippen LogP contribution in [-0.2, 0) is 16.0 Å². The molecule has 0 aliphatic carbocycles. The molecule has 0 spiro atoms. The Balaban J connectivity index is 1.72. The molecule has 29 heavy (non-hydrogen) atoms. The van der Waals surface area contributed by atoms with Gasteiger partial charge in [-0.15, -0.1) is 0 Å². The highest BCUT2D eigenvalue weighted by atomic mass is 16.5. The summed E-state index contributed by atoms with van der Waals surface area (Å²) in [6.07, 6.45) is 1.56. The van der Waals surface area contributed by atoms with Crippen LogP contribution in [0.5, 0.6) is 5.75 Å². The van der Waals surface area contributed by atoms with Gasteiger partial charge in [-0.2, -0.15) is 0 Å². The number of carbonyl (C=O) groups is 2. The van der Waals surface area contributed by atoms with E-state index < -0.39 is 12.0 Å². The first kappa shape index (κ1) is 20.5. The average molecular weight is 394 g/mol. The quantitative estimate of drug-likeness (QED) is 0.666. The number of ether oxygens (including phenoxy) is 2. The van der Waals surface area contributed by atoms with Gasteiger partial charge in [0.25, 0.3) is 0 Å². The van der Waals surface area contributed by atoms with Gasteiger partial charge in [-0.3, -0.25) is 0 Å². The zero-order chi connectivity index (χ0) is 20.6. The van der Waals surface area contributed by atoms with Gasteiger partial charge in [-0.05, 0) is 36.6 Å². The van der Waals surface area contributed by atoms with Crippen molar-refractivity contribution in [2.45, 2.75) is 32.7 Å². The molecule has 1 aliphatic heterocycles. The molecule has 0 fully saturated rings. The smallest absolute Gasteiger partial charge is 0.338 e. The SMILES string of the molecule is CCCOc1ccc([C@H]2NC(=O)NC(C)=C2C(=O)OCCc2ccccc2)cc1. The molecule has 2 N–H and O–H groups in total. The fourth-order valence-corrected chi connectivity index (χ4v) is 3.17. The van der Waals surface area contributed by atoms with E-state index in [-0.39, 0.29) is 12.6 Å². The Kier molecular flexibility index (Phi) is 6.89. The van der Waals surface area contributed by atoms with Gasteiger partial charge < -0.3 is 20.1 Å². The highest BCUT2D eigenvalue weighted by Gasteiger charge is 2.32. The summed E-state index contributed by atoms with van der Waals surface area (Å²) >= 11 is 0. The van der Waals surface area contributed by atoms with Gasteiger partial charge in [0.05, 0.1) is 24.8 Å². The second-order valence-electron chi connectivity index (χ2n) is 6.86. The fourth-order valence-electron chi connectivity index (χ4n) is 3.17. The predicted molar refractivity (Wildman–Crippen MR) is 110 cm³/mol. The van der Waals surface area contributed by atoms with Crippen molar-refractivity contribution in [1.29, 1.82) is 0 Å². The highest BCUT2D eigenvalue weighted by Crippen LogP contribution is 2.29. The first-order valence-corrected chi connectivity index (χ1v) is 9.80. The van der Waals surface area contributed by atoms with E-state index >= 15 is 0 Å². The molecule has 0 bridgehead atoms. The molecule has 0 saturated carbocycles. The molecule has 2 aromatic carbocycles. The molecule has 1 heterocycles. The molecule has 152 valence electrons. The van der Waals surface area contributed by atoms with Crippen LogP contribution in [0.4, 0.5) is 4.79 Å². The van der Waals surface area contributed by atoms with Crippen LogP contribution < -0.4 is 15.4 Å². The van der Waals surface area contributed by atoms with Crippen LogP contribution in [0.2, 0.25) is 0 Å². The monoisotopic (exact) mass is 394 g/mol. The minimum atomic E-state index is -0.576. The zero-order valence-corrected chi connectivity index (χ0v) is 16.7. The van der Waals surface area contributed by atoms with E-state index in [1.54, 1.807) is 6.92 Å². The van der Waals surface area contributed by atoms with Crippen LogP contribution in [0.1, 0.15) is 37.4 Å². The number of benzene rings is 2. The van der Waals surface area contributed by atoms with Crippen LogP contribution in [0.15, 0.2) is 65.9 Å². The lowest BCUT2D eigenvalue weighted by molar-refractivity contribution is -0.139. The van der Waals surface area contributed by atoms with Crippen molar-refractivity contribution in [1.82, 2.24) is 10.6 Å². The van der Waals surface area contributed by atoms with Gasteiger partial charge in [-0.1, -0.05) is 49.4 Å². The molecule has 0 unspecified atom stereocenters. The van der Waals surface area contributed by atoms with Crippen molar-refractivity contribution in [3.05, 3.63) is 77.0 Å². The van der Waals surface area contributed by atoms with E-state index in [9.17, 15) is 9.59 Å². The Morgan fingerprint density at radius 1 is 1.03 bits per heavy atom. The zero-order valence-electron chi connectivity index (χ0n) is 16.7. The van der Waals surface area contributed by atoms with Crippen molar-refractivity contribution < 1.29 is 19.1 Å². The predicted octanol–water partition coefficient (Wildman–Crippen LogP) is 3.89. The van der Waals surface area contributed by atoms with Crippen molar-refractivity contribution in [3.8, 4) is 5.75 Å². The first-order chi connectivity index (χ1) is 14.1. The maximum absolute atomic E-state index is 12.8. The van der Waals surface area contributed by atoms with Crippen LogP contribution in [0.25, 0.3) is 0 Å². The largest absolute Gasteiger partial charge is 0.494 e. The lowest BCUT2D eigenvalue weighted by Crippen LogP contribution is -2.45. The number of esters is 1. The molecule has 2 aromatic rings. The van der Waals surface area contributed by atoms with Crippen molar-refractivity contribution in [2.24, 2.45) is 0 Å². The van der Waals surface area contributed by atoms with Gasteiger partial charge in [0, 0.05) is 12.1 Å². The number of hydrogen-bond donors (Lipinski definition) is 2. The lowest BCUT2D eigenvalue weighted by Gasteiger charge is -2.28. The molecule has 2 amide bonds. The van der Waals surface area contributed by atoms with E-state index in [1.165, 1.54) is 0 Å². The molecule has 1 atom stereocenters. The summed E-state index contributed by atoms with van der Waals surface area (Å²) in [5, 5.41) is 5.48. The Bertz CT molecular complexity index is 876. The number of amides is 2. The fraction of sp³-hybridized carbons (Fsp3) is 0.304. The Morgan fingerprint density at radius 2 is 1.76 bits per heavy atom. The van der Waals surface area contributed by atoms with E-state index in [4.69, 9.17) is 9.47 Å². The van der Waals surface area contributed by atoms with Crippen LogP contribution in [0, 0.1) is 0 Å². The number of rotatable bonds is 8. The molecule has 0 aromatic heterocycles. The third kappa shape index (κ3) is 5.38. The minimum Gasteiger partial charge on any atom is -0.494 e. The number of carbonyl (C=O) groups excluding carboxylic acids is 2. The Labute approximate surface area is 170 Å². The molecule has 3 rings (SSSR count). The molecule has 1 aliphatic rings. The normalized spacial score (nSPS) is 16.1. The van der Waals surface area contributed by atoms with E-state index in [0.717, 1.165) is 23.3 Å². The maximum atomic E-state index is 12.8. The first-order valence-electron chi connectivity index (χ1n) is 9.80. The van der Waals surface area contributed by atoms with E-state index in [0.29, 0.717) is 24.3 Å². The third-order valence-corrected chi connectivity index (χ3v) is 4.64. The van der Waals surface area contributed by atoms with Gasteiger partial charge >= 0.3 is 12.0 Å². The topological polar surface area (TPSA) is 76.7 Å². The summed E-state index contributed by atoms with van der Waals surface area (Å²) in [5.74, 6) is 0.311. The molecule has 0 saturated heterocycles. The van der Waals surface area contributed by atoms with Gasteiger partial charge in [-0.25, -0.2) is 9.59 Å².